The highest BCUT2D eigenvalue weighted by molar-refractivity contribution is 6.31. The second-order valence-corrected chi connectivity index (χ2v) is 9.05. The molecule has 1 aromatic heterocycles. The predicted octanol–water partition coefficient (Wildman–Crippen LogP) is 6.31. The molecule has 3 nitrogen and oxygen atoms in total. The highest BCUT2D eigenvalue weighted by Crippen LogP contribution is 2.27. The molecule has 1 N–H and O–H groups in total. The van der Waals surface area contributed by atoms with Crippen LogP contribution in [0.3, 0.4) is 0 Å². The van der Waals surface area contributed by atoms with E-state index in [2.05, 4.69) is 76.9 Å². The van der Waals surface area contributed by atoms with Gasteiger partial charge in [-0.2, -0.15) is 0 Å². The molecule has 0 spiro atoms. The molecular formula is C28H28ClN3. The van der Waals surface area contributed by atoms with Crippen LogP contribution in [0.1, 0.15) is 24.0 Å². The standard InChI is InChI=1S/C28H28ClN3/c29-25-12-11-23-17-24(28(31-27(23)18-25)22-9-5-2-6-10-22)19-30-26-13-15-32(16-14-26)20-21-7-3-1-4-8-21/h1-12,17-18,26,30H,13-16,19-20H2. The Morgan fingerprint density at radius 3 is 2.34 bits per heavy atom. The lowest BCUT2D eigenvalue weighted by atomic mass is 10.0. The van der Waals surface area contributed by atoms with Gasteiger partial charge in [-0.15, -0.1) is 0 Å². The van der Waals surface area contributed by atoms with E-state index in [1.54, 1.807) is 0 Å². The van der Waals surface area contributed by atoms with Gasteiger partial charge >= 0.3 is 0 Å². The maximum Gasteiger partial charge on any atom is 0.0754 e. The largest absolute Gasteiger partial charge is 0.310 e. The average Bonchev–Trinajstić information content (AvgIpc) is 2.84. The first-order valence-electron chi connectivity index (χ1n) is 11.4. The molecule has 0 atom stereocenters. The Bertz CT molecular complexity index is 1170. The smallest absolute Gasteiger partial charge is 0.0754 e. The Morgan fingerprint density at radius 1 is 0.875 bits per heavy atom. The monoisotopic (exact) mass is 441 g/mol. The average molecular weight is 442 g/mol. The van der Waals surface area contributed by atoms with E-state index in [1.807, 2.05) is 18.2 Å². The topological polar surface area (TPSA) is 28.2 Å². The molecule has 0 unspecified atom stereocenters. The molecular weight excluding hydrogens is 414 g/mol. The van der Waals surface area contributed by atoms with E-state index in [0.717, 1.165) is 53.4 Å². The fraction of sp³-hybridized carbons (Fsp3) is 0.250. The summed E-state index contributed by atoms with van der Waals surface area (Å²) in [5.74, 6) is 0. The summed E-state index contributed by atoms with van der Waals surface area (Å²) in [6, 6.07) is 29.9. The van der Waals surface area contributed by atoms with Crippen LogP contribution in [0, 0.1) is 0 Å². The lowest BCUT2D eigenvalue weighted by Crippen LogP contribution is -2.41. The van der Waals surface area contributed by atoms with Crippen LogP contribution >= 0.6 is 11.6 Å². The first-order chi connectivity index (χ1) is 15.7. The van der Waals surface area contributed by atoms with E-state index in [0.29, 0.717) is 6.04 Å². The van der Waals surface area contributed by atoms with Crippen LogP contribution in [-0.2, 0) is 13.1 Å². The molecule has 3 aromatic carbocycles. The molecule has 1 aliphatic heterocycles. The number of piperidine rings is 1. The fourth-order valence-corrected chi connectivity index (χ4v) is 4.72. The van der Waals surface area contributed by atoms with Crippen LogP contribution in [0.2, 0.25) is 5.02 Å². The zero-order valence-electron chi connectivity index (χ0n) is 18.2. The number of hydrogen-bond donors (Lipinski definition) is 1. The number of fused-ring (bicyclic) bond motifs is 1. The van der Waals surface area contributed by atoms with Gasteiger partial charge in [0.1, 0.15) is 0 Å². The van der Waals surface area contributed by atoms with Gasteiger partial charge < -0.3 is 5.32 Å². The minimum Gasteiger partial charge on any atom is -0.310 e. The van der Waals surface area contributed by atoms with E-state index >= 15 is 0 Å². The van der Waals surface area contributed by atoms with Crippen molar-refractivity contribution in [3.8, 4) is 11.3 Å². The molecule has 0 bridgehead atoms. The number of hydrogen-bond acceptors (Lipinski definition) is 3. The number of nitrogens with one attached hydrogen (secondary N) is 1. The third kappa shape index (κ3) is 5.02. The highest BCUT2D eigenvalue weighted by Gasteiger charge is 2.19. The predicted molar refractivity (Wildman–Crippen MR) is 134 cm³/mol. The van der Waals surface area contributed by atoms with Crippen molar-refractivity contribution in [2.45, 2.75) is 32.0 Å². The zero-order valence-corrected chi connectivity index (χ0v) is 18.9. The van der Waals surface area contributed by atoms with Crippen LogP contribution in [0.4, 0.5) is 0 Å². The third-order valence-corrected chi connectivity index (χ3v) is 6.56. The summed E-state index contributed by atoms with van der Waals surface area (Å²) in [5, 5.41) is 5.66. The van der Waals surface area contributed by atoms with Crippen molar-refractivity contribution in [3.05, 3.63) is 101 Å². The van der Waals surface area contributed by atoms with Gasteiger partial charge in [0.05, 0.1) is 11.2 Å². The van der Waals surface area contributed by atoms with Gasteiger partial charge in [0, 0.05) is 35.1 Å². The minimum atomic E-state index is 0.534. The van der Waals surface area contributed by atoms with Gasteiger partial charge in [-0.25, -0.2) is 4.98 Å². The zero-order chi connectivity index (χ0) is 21.8. The molecule has 4 heteroatoms. The second kappa shape index (κ2) is 9.83. The quantitative estimate of drug-likeness (QED) is 0.380. The summed E-state index contributed by atoms with van der Waals surface area (Å²) in [7, 11) is 0. The third-order valence-electron chi connectivity index (χ3n) is 6.32. The van der Waals surface area contributed by atoms with Crippen molar-refractivity contribution >= 4 is 22.5 Å². The van der Waals surface area contributed by atoms with Crippen molar-refractivity contribution in [1.82, 2.24) is 15.2 Å². The van der Waals surface area contributed by atoms with Gasteiger partial charge in [0.2, 0.25) is 0 Å². The van der Waals surface area contributed by atoms with E-state index in [4.69, 9.17) is 16.6 Å². The first kappa shape index (κ1) is 21.1. The van der Waals surface area contributed by atoms with Gasteiger partial charge in [-0.05, 0) is 55.3 Å². The van der Waals surface area contributed by atoms with Crippen LogP contribution in [0.5, 0.6) is 0 Å². The molecule has 4 aromatic rings. The number of pyridine rings is 1. The van der Waals surface area contributed by atoms with Crippen LogP contribution in [0.25, 0.3) is 22.2 Å². The van der Waals surface area contributed by atoms with Crippen molar-refractivity contribution < 1.29 is 0 Å². The lowest BCUT2D eigenvalue weighted by molar-refractivity contribution is 0.190. The van der Waals surface area contributed by atoms with Gasteiger partial charge in [0.25, 0.3) is 0 Å². The minimum absolute atomic E-state index is 0.534. The molecule has 0 radical (unpaired) electrons. The number of rotatable bonds is 6. The van der Waals surface area contributed by atoms with Gasteiger partial charge in [-0.3, -0.25) is 4.90 Å². The Kier molecular flexibility index (Phi) is 6.49. The Balaban J connectivity index is 1.28. The van der Waals surface area contributed by atoms with Crippen molar-refractivity contribution in [3.63, 3.8) is 0 Å². The number of benzene rings is 3. The Labute approximate surface area is 195 Å². The molecule has 0 amide bonds. The molecule has 32 heavy (non-hydrogen) atoms. The number of aromatic nitrogens is 1. The summed E-state index contributed by atoms with van der Waals surface area (Å²) in [6.07, 6.45) is 2.34. The lowest BCUT2D eigenvalue weighted by Gasteiger charge is -2.32. The van der Waals surface area contributed by atoms with Gasteiger partial charge in [0.15, 0.2) is 0 Å². The maximum absolute atomic E-state index is 6.23. The van der Waals surface area contributed by atoms with Crippen LogP contribution in [-0.4, -0.2) is 29.0 Å². The molecule has 2 heterocycles. The van der Waals surface area contributed by atoms with E-state index in [-0.39, 0.29) is 0 Å². The van der Waals surface area contributed by atoms with Crippen molar-refractivity contribution in [2.75, 3.05) is 13.1 Å². The van der Waals surface area contributed by atoms with Crippen LogP contribution < -0.4 is 5.32 Å². The van der Waals surface area contributed by atoms with Crippen molar-refractivity contribution in [1.29, 1.82) is 0 Å². The number of likely N-dealkylation sites (tertiary alicyclic amines) is 1. The number of nitrogens with zero attached hydrogens (tertiary/aromatic N) is 2. The van der Waals surface area contributed by atoms with Gasteiger partial charge in [-0.1, -0.05) is 78.3 Å². The maximum atomic E-state index is 6.23. The summed E-state index contributed by atoms with van der Waals surface area (Å²) < 4.78 is 0. The summed E-state index contributed by atoms with van der Waals surface area (Å²) >= 11 is 6.23. The molecule has 0 saturated carbocycles. The molecule has 1 saturated heterocycles. The highest BCUT2D eigenvalue weighted by atomic mass is 35.5. The summed E-state index contributed by atoms with van der Waals surface area (Å²) in [5.41, 5.74) is 5.75. The normalized spacial score (nSPS) is 15.3. The molecule has 5 rings (SSSR count). The Morgan fingerprint density at radius 2 is 1.59 bits per heavy atom. The Hall–Kier alpha value is -2.72. The second-order valence-electron chi connectivity index (χ2n) is 8.62. The SMILES string of the molecule is Clc1ccc2cc(CNC3CCN(Cc4ccccc4)CC3)c(-c3ccccc3)nc2c1. The summed E-state index contributed by atoms with van der Waals surface area (Å²) in [6.45, 7) is 4.13. The van der Waals surface area contributed by atoms with E-state index < -0.39 is 0 Å². The first-order valence-corrected chi connectivity index (χ1v) is 11.8. The molecule has 0 aliphatic carbocycles. The fourth-order valence-electron chi connectivity index (χ4n) is 4.56. The van der Waals surface area contributed by atoms with Crippen LogP contribution in [0.15, 0.2) is 84.9 Å². The molecule has 162 valence electrons. The molecule has 1 fully saturated rings. The molecule has 1 aliphatic rings. The number of halogens is 1. The van der Waals surface area contributed by atoms with Crippen molar-refractivity contribution in [2.24, 2.45) is 0 Å². The van der Waals surface area contributed by atoms with E-state index in [1.165, 1.54) is 24.0 Å². The summed E-state index contributed by atoms with van der Waals surface area (Å²) in [4.78, 5) is 7.56. The van der Waals surface area contributed by atoms with E-state index in [9.17, 15) is 0 Å².